The normalized spacial score (nSPS) is 12.4. The number of nitrogens with two attached hydrogens (primary N) is 1. The molecule has 2 aromatic rings. The van der Waals surface area contributed by atoms with Gasteiger partial charge in [-0.15, -0.1) is 0 Å². The monoisotopic (exact) mass is 255 g/mol. The van der Waals surface area contributed by atoms with Crippen LogP contribution in [0.25, 0.3) is 0 Å². The lowest BCUT2D eigenvalue weighted by Gasteiger charge is -2.31. The number of carboxylic acid groups (broad SMARTS) is 1. The Morgan fingerprint density at radius 1 is 1.26 bits per heavy atom. The second kappa shape index (κ2) is 3.91. The van der Waals surface area contributed by atoms with Crippen molar-refractivity contribution in [2.45, 2.75) is 0 Å². The van der Waals surface area contributed by atoms with Gasteiger partial charge in [0.2, 0.25) is 0 Å². The highest BCUT2D eigenvalue weighted by molar-refractivity contribution is 6.03. The second-order valence-electron chi connectivity index (χ2n) is 4.47. The first-order chi connectivity index (χ1) is 9.08. The highest BCUT2D eigenvalue weighted by atomic mass is 16.4. The van der Waals surface area contributed by atoms with E-state index in [1.807, 2.05) is 30.1 Å². The number of carbonyl (C=O) groups is 1. The Balaban J connectivity index is 2.21. The van der Waals surface area contributed by atoms with E-state index in [0.29, 0.717) is 11.4 Å². The van der Waals surface area contributed by atoms with Crippen molar-refractivity contribution in [2.75, 3.05) is 23.0 Å². The molecule has 0 saturated heterocycles. The predicted octanol–water partition coefficient (Wildman–Crippen LogP) is 2.79. The fraction of sp³-hybridized carbons (Fsp3) is 0.0714. The quantitative estimate of drug-likeness (QED) is 0.683. The molecule has 96 valence electrons. The number of nitrogens with one attached hydrogen (secondary N) is 1. The first kappa shape index (κ1) is 11.4. The van der Waals surface area contributed by atoms with Crippen molar-refractivity contribution in [3.05, 3.63) is 42.0 Å². The summed E-state index contributed by atoms with van der Waals surface area (Å²) >= 11 is 0. The standard InChI is InChI=1S/C14H13N3O2/c1-17-11-4-2-3-9(14(18)19)13(11)16-10-6-5-8(15)7-12(10)17/h2-7,16H,15H2,1H3,(H,18,19). The van der Waals surface area contributed by atoms with Crippen molar-refractivity contribution in [3.8, 4) is 0 Å². The van der Waals surface area contributed by atoms with Crippen LogP contribution in [0, 0.1) is 0 Å². The number of rotatable bonds is 1. The summed E-state index contributed by atoms with van der Waals surface area (Å²) in [7, 11) is 1.89. The molecule has 4 N–H and O–H groups in total. The van der Waals surface area contributed by atoms with Gasteiger partial charge in [0.1, 0.15) is 0 Å². The molecule has 0 atom stereocenters. The van der Waals surface area contributed by atoms with Gasteiger partial charge in [0.05, 0.1) is 28.3 Å². The van der Waals surface area contributed by atoms with Gasteiger partial charge in [0.25, 0.3) is 0 Å². The van der Waals surface area contributed by atoms with E-state index in [2.05, 4.69) is 5.32 Å². The minimum Gasteiger partial charge on any atom is -0.478 e. The Bertz CT molecular complexity index is 682. The SMILES string of the molecule is CN1c2cc(N)ccc2Nc2c(C(=O)O)cccc21. The van der Waals surface area contributed by atoms with E-state index in [0.717, 1.165) is 17.1 Å². The molecule has 0 amide bonds. The molecule has 1 heterocycles. The Morgan fingerprint density at radius 3 is 2.79 bits per heavy atom. The number of nitrogen functional groups attached to an aromatic ring is 1. The van der Waals surface area contributed by atoms with Crippen LogP contribution in [0.5, 0.6) is 0 Å². The summed E-state index contributed by atoms with van der Waals surface area (Å²) in [6.07, 6.45) is 0. The van der Waals surface area contributed by atoms with Gasteiger partial charge in [-0.25, -0.2) is 4.79 Å². The summed E-state index contributed by atoms with van der Waals surface area (Å²) in [6, 6.07) is 10.7. The summed E-state index contributed by atoms with van der Waals surface area (Å²) < 4.78 is 0. The maximum atomic E-state index is 11.3. The molecule has 0 spiro atoms. The number of aromatic carboxylic acids is 1. The van der Waals surface area contributed by atoms with Crippen molar-refractivity contribution in [1.29, 1.82) is 0 Å². The van der Waals surface area contributed by atoms with Crippen LogP contribution in [0.15, 0.2) is 36.4 Å². The van der Waals surface area contributed by atoms with Crippen LogP contribution in [0.1, 0.15) is 10.4 Å². The third-order valence-electron chi connectivity index (χ3n) is 3.28. The topological polar surface area (TPSA) is 78.6 Å². The molecule has 1 aliphatic heterocycles. The summed E-state index contributed by atoms with van der Waals surface area (Å²) in [5.41, 5.74) is 9.92. The molecule has 0 saturated carbocycles. The first-order valence-electron chi connectivity index (χ1n) is 5.84. The zero-order valence-corrected chi connectivity index (χ0v) is 10.3. The predicted molar refractivity (Wildman–Crippen MR) is 75.6 cm³/mol. The highest BCUT2D eigenvalue weighted by Crippen LogP contribution is 2.44. The van der Waals surface area contributed by atoms with Crippen LogP contribution < -0.4 is 16.0 Å². The van der Waals surface area contributed by atoms with Gasteiger partial charge >= 0.3 is 5.97 Å². The summed E-state index contributed by atoms with van der Waals surface area (Å²) in [6.45, 7) is 0. The van der Waals surface area contributed by atoms with Crippen molar-refractivity contribution >= 4 is 34.4 Å². The average molecular weight is 255 g/mol. The third-order valence-corrected chi connectivity index (χ3v) is 3.28. The van der Waals surface area contributed by atoms with Crippen LogP contribution >= 0.6 is 0 Å². The van der Waals surface area contributed by atoms with Crippen LogP contribution in [-0.2, 0) is 0 Å². The van der Waals surface area contributed by atoms with Gasteiger partial charge in [0, 0.05) is 12.7 Å². The number of fused-ring (bicyclic) bond motifs is 2. The summed E-state index contributed by atoms with van der Waals surface area (Å²) in [4.78, 5) is 13.2. The maximum Gasteiger partial charge on any atom is 0.337 e. The van der Waals surface area contributed by atoms with E-state index in [1.54, 1.807) is 18.2 Å². The number of benzene rings is 2. The molecule has 0 unspecified atom stereocenters. The van der Waals surface area contributed by atoms with Gasteiger partial charge < -0.3 is 21.1 Å². The van der Waals surface area contributed by atoms with E-state index in [-0.39, 0.29) is 5.56 Å². The third kappa shape index (κ3) is 1.67. The molecule has 0 aromatic heterocycles. The Kier molecular flexibility index (Phi) is 2.35. The Labute approximate surface area is 110 Å². The molecule has 5 heteroatoms. The zero-order valence-electron chi connectivity index (χ0n) is 10.3. The lowest BCUT2D eigenvalue weighted by atomic mass is 10.1. The van der Waals surface area contributed by atoms with Crippen LogP contribution in [0.2, 0.25) is 0 Å². The number of nitrogens with zero attached hydrogens (tertiary/aromatic N) is 1. The maximum absolute atomic E-state index is 11.3. The molecular weight excluding hydrogens is 242 g/mol. The van der Waals surface area contributed by atoms with Crippen molar-refractivity contribution < 1.29 is 9.90 Å². The van der Waals surface area contributed by atoms with Crippen molar-refractivity contribution in [3.63, 3.8) is 0 Å². The highest BCUT2D eigenvalue weighted by Gasteiger charge is 2.23. The van der Waals surface area contributed by atoms with Gasteiger partial charge in [-0.2, -0.15) is 0 Å². The minimum atomic E-state index is -0.948. The number of carboxylic acids is 1. The smallest absolute Gasteiger partial charge is 0.337 e. The Hall–Kier alpha value is -2.69. The van der Waals surface area contributed by atoms with Crippen LogP contribution in [0.4, 0.5) is 28.4 Å². The van der Waals surface area contributed by atoms with Crippen molar-refractivity contribution in [2.24, 2.45) is 0 Å². The average Bonchev–Trinajstić information content (AvgIpc) is 2.39. The van der Waals surface area contributed by atoms with E-state index >= 15 is 0 Å². The van der Waals surface area contributed by atoms with Crippen LogP contribution in [0.3, 0.4) is 0 Å². The van der Waals surface area contributed by atoms with E-state index in [9.17, 15) is 9.90 Å². The lowest BCUT2D eigenvalue weighted by molar-refractivity contribution is 0.0698. The second-order valence-corrected chi connectivity index (χ2v) is 4.47. The molecule has 0 radical (unpaired) electrons. The molecule has 0 bridgehead atoms. The molecule has 5 nitrogen and oxygen atoms in total. The first-order valence-corrected chi connectivity index (χ1v) is 5.84. The Morgan fingerprint density at radius 2 is 2.05 bits per heavy atom. The molecule has 3 rings (SSSR count). The van der Waals surface area contributed by atoms with Gasteiger partial charge in [0.15, 0.2) is 0 Å². The van der Waals surface area contributed by atoms with Crippen molar-refractivity contribution in [1.82, 2.24) is 0 Å². The van der Waals surface area contributed by atoms with E-state index in [1.165, 1.54) is 0 Å². The van der Waals surface area contributed by atoms with Gasteiger partial charge in [-0.3, -0.25) is 0 Å². The number of hydrogen-bond donors (Lipinski definition) is 3. The number of anilines is 5. The van der Waals surface area contributed by atoms with E-state index < -0.39 is 5.97 Å². The molecule has 19 heavy (non-hydrogen) atoms. The van der Waals surface area contributed by atoms with Gasteiger partial charge in [-0.05, 0) is 30.3 Å². The molecular formula is C14H13N3O2. The minimum absolute atomic E-state index is 0.256. The number of para-hydroxylation sites is 1. The lowest BCUT2D eigenvalue weighted by Crippen LogP contribution is -2.19. The molecule has 0 fully saturated rings. The summed E-state index contributed by atoms with van der Waals surface area (Å²) in [5.74, 6) is -0.948. The number of hydrogen-bond acceptors (Lipinski definition) is 4. The van der Waals surface area contributed by atoms with Crippen LogP contribution in [-0.4, -0.2) is 18.1 Å². The van der Waals surface area contributed by atoms with Gasteiger partial charge in [-0.1, -0.05) is 6.07 Å². The fourth-order valence-corrected chi connectivity index (χ4v) is 2.33. The fourth-order valence-electron chi connectivity index (χ4n) is 2.33. The summed E-state index contributed by atoms with van der Waals surface area (Å²) in [5, 5.41) is 12.4. The molecule has 0 aliphatic carbocycles. The molecule has 1 aliphatic rings. The van der Waals surface area contributed by atoms with E-state index in [4.69, 9.17) is 5.73 Å². The zero-order chi connectivity index (χ0) is 13.6. The largest absolute Gasteiger partial charge is 0.478 e. The molecule has 2 aromatic carbocycles.